The van der Waals surface area contributed by atoms with Gasteiger partial charge in [0, 0.05) is 12.5 Å². The molecule has 0 saturated heterocycles. The van der Waals surface area contributed by atoms with Gasteiger partial charge in [-0.2, -0.15) is 0 Å². The van der Waals surface area contributed by atoms with Crippen molar-refractivity contribution in [3.05, 3.63) is 17.8 Å². The minimum atomic E-state index is -0.297. The van der Waals surface area contributed by atoms with Gasteiger partial charge in [0.05, 0.1) is 10.7 Å². The first-order valence-electron chi connectivity index (χ1n) is 4.50. The molecule has 1 atom stereocenters. The molecule has 1 amide bonds. The van der Waals surface area contributed by atoms with E-state index in [4.69, 9.17) is 22.4 Å². The molecular weight excluding hydrogens is 214 g/mol. The van der Waals surface area contributed by atoms with Crippen LogP contribution in [0.1, 0.15) is 29.6 Å². The van der Waals surface area contributed by atoms with Crippen LogP contribution in [0.15, 0.2) is 10.8 Å². The van der Waals surface area contributed by atoms with E-state index in [9.17, 15) is 4.79 Å². The molecular formula is C9H13N3O2S. The van der Waals surface area contributed by atoms with Crippen LogP contribution in [0.2, 0.25) is 0 Å². The van der Waals surface area contributed by atoms with E-state index in [2.05, 4.69) is 10.3 Å². The number of oxazole rings is 1. The van der Waals surface area contributed by atoms with Crippen molar-refractivity contribution in [2.45, 2.75) is 26.3 Å². The van der Waals surface area contributed by atoms with E-state index in [1.165, 1.54) is 6.39 Å². The summed E-state index contributed by atoms with van der Waals surface area (Å²) >= 11 is 4.74. The Morgan fingerprint density at radius 2 is 2.47 bits per heavy atom. The standard InChI is InChI=1S/C9H13N3O2S/c1-5(3-7(10)15)12-9(13)8-6(2)11-4-14-8/h4-5H,3H2,1-2H3,(H2,10,15)(H,12,13). The first-order valence-corrected chi connectivity index (χ1v) is 4.90. The van der Waals surface area contributed by atoms with Crippen LogP contribution in [0, 0.1) is 6.92 Å². The summed E-state index contributed by atoms with van der Waals surface area (Å²) in [5, 5.41) is 2.71. The summed E-state index contributed by atoms with van der Waals surface area (Å²) in [6, 6.07) is -0.112. The first-order chi connectivity index (χ1) is 7.00. The third-order valence-electron chi connectivity index (χ3n) is 1.84. The number of carbonyl (C=O) groups excluding carboxylic acids is 1. The van der Waals surface area contributed by atoms with Crippen LogP contribution in [-0.4, -0.2) is 21.9 Å². The summed E-state index contributed by atoms with van der Waals surface area (Å²) < 4.78 is 4.94. The highest BCUT2D eigenvalue weighted by Gasteiger charge is 2.16. The first kappa shape index (κ1) is 11.6. The number of aromatic nitrogens is 1. The van der Waals surface area contributed by atoms with Crippen LogP contribution in [0.4, 0.5) is 0 Å². The third-order valence-corrected chi connectivity index (χ3v) is 2.00. The van der Waals surface area contributed by atoms with Gasteiger partial charge >= 0.3 is 0 Å². The third kappa shape index (κ3) is 3.32. The fourth-order valence-electron chi connectivity index (χ4n) is 1.16. The van der Waals surface area contributed by atoms with Crippen LogP contribution < -0.4 is 11.1 Å². The summed E-state index contributed by atoms with van der Waals surface area (Å²) in [5.74, 6) is -0.0708. The predicted molar refractivity (Wildman–Crippen MR) is 59.6 cm³/mol. The number of amides is 1. The SMILES string of the molecule is Cc1ncoc1C(=O)NC(C)CC(N)=S. The van der Waals surface area contributed by atoms with Crippen molar-refractivity contribution < 1.29 is 9.21 Å². The second kappa shape index (κ2) is 4.88. The number of hydrogen-bond donors (Lipinski definition) is 2. The quantitative estimate of drug-likeness (QED) is 0.743. The largest absolute Gasteiger partial charge is 0.438 e. The van der Waals surface area contributed by atoms with Crippen LogP contribution in [0.25, 0.3) is 0 Å². The van der Waals surface area contributed by atoms with Crippen LogP contribution in [0.3, 0.4) is 0 Å². The second-order valence-electron chi connectivity index (χ2n) is 3.31. The Kier molecular flexibility index (Phi) is 3.79. The zero-order valence-electron chi connectivity index (χ0n) is 8.61. The summed E-state index contributed by atoms with van der Waals surface area (Å²) in [6.07, 6.45) is 1.71. The lowest BCUT2D eigenvalue weighted by molar-refractivity contribution is 0.0912. The number of nitrogens with two attached hydrogens (primary N) is 1. The molecule has 1 aromatic rings. The van der Waals surface area contributed by atoms with E-state index in [1.807, 2.05) is 6.92 Å². The molecule has 0 saturated carbocycles. The molecule has 0 aliphatic rings. The summed E-state index contributed by atoms with van der Waals surface area (Å²) in [4.78, 5) is 15.8. The van der Waals surface area contributed by atoms with Gasteiger partial charge in [-0.05, 0) is 13.8 Å². The molecule has 1 unspecified atom stereocenters. The number of nitrogens with zero attached hydrogens (tertiary/aromatic N) is 1. The molecule has 0 aliphatic carbocycles. The van der Waals surface area contributed by atoms with Gasteiger partial charge < -0.3 is 15.5 Å². The van der Waals surface area contributed by atoms with E-state index in [-0.39, 0.29) is 17.7 Å². The molecule has 0 aliphatic heterocycles. The lowest BCUT2D eigenvalue weighted by Crippen LogP contribution is -2.35. The highest BCUT2D eigenvalue weighted by molar-refractivity contribution is 7.80. The van der Waals surface area contributed by atoms with Gasteiger partial charge in [0.1, 0.15) is 0 Å². The summed E-state index contributed by atoms with van der Waals surface area (Å²) in [6.45, 7) is 3.53. The number of rotatable bonds is 4. The molecule has 3 N–H and O–H groups in total. The molecule has 5 nitrogen and oxygen atoms in total. The highest BCUT2D eigenvalue weighted by atomic mass is 32.1. The van der Waals surface area contributed by atoms with Gasteiger partial charge in [-0.15, -0.1) is 0 Å². The van der Waals surface area contributed by atoms with Crippen molar-refractivity contribution in [2.24, 2.45) is 5.73 Å². The Labute approximate surface area is 93.0 Å². The molecule has 0 bridgehead atoms. The Bertz CT molecular complexity index is 375. The fourth-order valence-corrected chi connectivity index (χ4v) is 1.41. The minimum Gasteiger partial charge on any atom is -0.438 e. The Hall–Kier alpha value is -1.43. The van der Waals surface area contributed by atoms with E-state index < -0.39 is 0 Å². The summed E-state index contributed by atoms with van der Waals surface area (Å²) in [7, 11) is 0. The average molecular weight is 227 g/mol. The zero-order chi connectivity index (χ0) is 11.4. The highest BCUT2D eigenvalue weighted by Crippen LogP contribution is 2.05. The number of carbonyl (C=O) groups is 1. The van der Waals surface area contributed by atoms with Gasteiger partial charge in [-0.3, -0.25) is 4.79 Å². The van der Waals surface area contributed by atoms with Gasteiger partial charge in [-0.25, -0.2) is 4.98 Å². The molecule has 6 heteroatoms. The normalized spacial score (nSPS) is 12.1. The van der Waals surface area contributed by atoms with Crippen molar-refractivity contribution in [1.29, 1.82) is 0 Å². The van der Waals surface area contributed by atoms with Crippen molar-refractivity contribution in [2.75, 3.05) is 0 Å². The Morgan fingerprint density at radius 1 is 1.80 bits per heavy atom. The predicted octanol–water partition coefficient (Wildman–Crippen LogP) is 0.778. The number of thiocarbonyl (C=S) groups is 1. The summed E-state index contributed by atoms with van der Waals surface area (Å²) in [5.41, 5.74) is 5.93. The fraction of sp³-hybridized carbons (Fsp3) is 0.444. The monoisotopic (exact) mass is 227 g/mol. The molecule has 0 spiro atoms. The molecule has 0 radical (unpaired) electrons. The van der Waals surface area contributed by atoms with Crippen LogP contribution >= 0.6 is 12.2 Å². The molecule has 15 heavy (non-hydrogen) atoms. The average Bonchev–Trinajstić information content (AvgIpc) is 2.49. The van der Waals surface area contributed by atoms with Crippen molar-refractivity contribution in [1.82, 2.24) is 10.3 Å². The lowest BCUT2D eigenvalue weighted by atomic mass is 10.2. The number of aryl methyl sites for hydroxylation is 1. The second-order valence-corrected chi connectivity index (χ2v) is 3.84. The van der Waals surface area contributed by atoms with E-state index in [1.54, 1.807) is 6.92 Å². The smallest absolute Gasteiger partial charge is 0.289 e. The molecule has 0 aromatic carbocycles. The van der Waals surface area contributed by atoms with Crippen LogP contribution in [-0.2, 0) is 0 Å². The van der Waals surface area contributed by atoms with Gasteiger partial charge in [-0.1, -0.05) is 12.2 Å². The topological polar surface area (TPSA) is 81.2 Å². The maximum absolute atomic E-state index is 11.6. The minimum absolute atomic E-state index is 0.112. The lowest BCUT2D eigenvalue weighted by Gasteiger charge is -2.11. The van der Waals surface area contributed by atoms with Gasteiger partial charge in [0.2, 0.25) is 5.76 Å². The van der Waals surface area contributed by atoms with Crippen molar-refractivity contribution in [3.63, 3.8) is 0 Å². The molecule has 1 aromatic heterocycles. The molecule has 1 heterocycles. The van der Waals surface area contributed by atoms with Gasteiger partial charge in [0.15, 0.2) is 6.39 Å². The number of nitrogens with one attached hydrogen (secondary N) is 1. The molecule has 82 valence electrons. The van der Waals surface area contributed by atoms with Gasteiger partial charge in [0.25, 0.3) is 5.91 Å². The maximum Gasteiger partial charge on any atom is 0.289 e. The molecule has 0 fully saturated rings. The van der Waals surface area contributed by atoms with Crippen LogP contribution in [0.5, 0.6) is 0 Å². The van der Waals surface area contributed by atoms with Crippen molar-refractivity contribution >= 4 is 23.1 Å². The Balaban J connectivity index is 2.56. The van der Waals surface area contributed by atoms with E-state index >= 15 is 0 Å². The zero-order valence-corrected chi connectivity index (χ0v) is 9.43. The Morgan fingerprint density at radius 3 is 2.93 bits per heavy atom. The molecule has 1 rings (SSSR count). The van der Waals surface area contributed by atoms with E-state index in [0.29, 0.717) is 17.1 Å². The number of hydrogen-bond acceptors (Lipinski definition) is 4. The van der Waals surface area contributed by atoms with Crippen molar-refractivity contribution in [3.8, 4) is 0 Å². The maximum atomic E-state index is 11.6. The van der Waals surface area contributed by atoms with E-state index in [0.717, 1.165) is 0 Å².